The highest BCUT2D eigenvalue weighted by Gasteiger charge is 2.25. The number of thiophene rings is 1. The van der Waals surface area contributed by atoms with E-state index < -0.39 is 20.6 Å². The number of anilines is 1. The summed E-state index contributed by atoms with van der Waals surface area (Å²) in [5.74, 6) is 0.390. The topological polar surface area (TPSA) is 93.0 Å². The van der Waals surface area contributed by atoms with Gasteiger partial charge in [0, 0.05) is 17.0 Å². The predicted molar refractivity (Wildman–Crippen MR) is 87.2 cm³/mol. The van der Waals surface area contributed by atoms with Crippen molar-refractivity contribution in [3.8, 4) is 6.07 Å². The van der Waals surface area contributed by atoms with Crippen LogP contribution in [0.1, 0.15) is 18.4 Å². The molecule has 1 atom stereocenters. The second kappa shape index (κ2) is 5.88. The van der Waals surface area contributed by atoms with Gasteiger partial charge in [0.15, 0.2) is 0 Å². The number of nitriles is 1. The Hall–Kier alpha value is -1.62. The molecule has 1 aromatic carbocycles. The number of fused-ring (bicyclic) bond motifs is 1. The van der Waals surface area contributed by atoms with Gasteiger partial charge < -0.3 is 9.87 Å². The number of nitrogens with zero attached hydrogens (tertiary/aromatic N) is 1. The monoisotopic (exact) mass is 336 g/mol. The molecule has 7 heteroatoms. The Kier molecular flexibility index (Phi) is 4.08. The first-order valence-electron chi connectivity index (χ1n) is 7.09. The molecule has 1 aromatic heterocycles. The van der Waals surface area contributed by atoms with E-state index in [0.717, 1.165) is 16.6 Å². The van der Waals surface area contributed by atoms with Gasteiger partial charge in [-0.1, -0.05) is 6.07 Å². The second-order valence-corrected chi connectivity index (χ2v) is 9.07. The second-order valence-electron chi connectivity index (χ2n) is 5.53. The Labute approximate surface area is 132 Å². The molecule has 1 aliphatic rings. The third-order valence-electron chi connectivity index (χ3n) is 4.00. The molecule has 0 amide bonds. The predicted octanol–water partition coefficient (Wildman–Crippen LogP) is 2.62. The third-order valence-corrected chi connectivity index (χ3v) is 7.05. The molecule has 1 fully saturated rings. The molecule has 2 heterocycles. The van der Waals surface area contributed by atoms with Gasteiger partial charge in [-0.15, -0.1) is 0 Å². The van der Waals surface area contributed by atoms with Crippen molar-refractivity contribution in [2.24, 2.45) is 0 Å². The van der Waals surface area contributed by atoms with Crippen molar-refractivity contribution in [3.63, 3.8) is 0 Å². The fourth-order valence-corrected chi connectivity index (χ4v) is 5.69. The van der Waals surface area contributed by atoms with E-state index in [1.54, 1.807) is 5.38 Å². The lowest BCUT2D eigenvalue weighted by Gasteiger charge is -2.23. The van der Waals surface area contributed by atoms with E-state index in [0.29, 0.717) is 17.5 Å². The first kappa shape index (κ1) is 15.3. The third kappa shape index (κ3) is 2.95. The van der Waals surface area contributed by atoms with Crippen LogP contribution in [0.2, 0.25) is 0 Å². The maximum Gasteiger partial charge on any atom is 0.203 e. The van der Waals surface area contributed by atoms with Crippen LogP contribution in [-0.2, 0) is 16.3 Å². The Morgan fingerprint density at radius 3 is 2.77 bits per heavy atom. The van der Waals surface area contributed by atoms with E-state index in [2.05, 4.69) is 11.4 Å². The summed E-state index contributed by atoms with van der Waals surface area (Å²) in [6.45, 7) is 0. The van der Waals surface area contributed by atoms with Crippen molar-refractivity contribution in [2.75, 3.05) is 16.8 Å². The van der Waals surface area contributed by atoms with Crippen LogP contribution >= 0.6 is 10.8 Å². The molecule has 0 saturated carbocycles. The van der Waals surface area contributed by atoms with E-state index in [1.807, 2.05) is 18.2 Å². The molecular weight excluding hydrogens is 320 g/mol. The molecule has 1 N–H and O–H groups in total. The van der Waals surface area contributed by atoms with Crippen molar-refractivity contribution in [1.82, 2.24) is 0 Å². The maximum atomic E-state index is 12.3. The number of rotatable bonds is 3. The van der Waals surface area contributed by atoms with Gasteiger partial charge in [0.25, 0.3) is 0 Å². The van der Waals surface area contributed by atoms with Gasteiger partial charge in [-0.25, -0.2) is 8.42 Å². The van der Waals surface area contributed by atoms with Crippen LogP contribution in [0.4, 0.5) is 5.69 Å². The molecule has 1 unspecified atom stereocenters. The fourth-order valence-electron chi connectivity index (χ4n) is 2.85. The molecule has 2 aromatic rings. The van der Waals surface area contributed by atoms with Crippen molar-refractivity contribution in [2.45, 2.75) is 25.3 Å². The summed E-state index contributed by atoms with van der Waals surface area (Å²) in [6.07, 6.45) is 1.37. The van der Waals surface area contributed by atoms with Crippen LogP contribution < -0.4 is 5.32 Å². The molecule has 0 aliphatic carbocycles. The van der Waals surface area contributed by atoms with E-state index in [1.165, 1.54) is 0 Å². The Bertz CT molecular complexity index is 836. The lowest BCUT2D eigenvalue weighted by Crippen LogP contribution is -2.32. The van der Waals surface area contributed by atoms with Crippen LogP contribution in [0.5, 0.6) is 0 Å². The van der Waals surface area contributed by atoms with E-state index in [4.69, 9.17) is 5.26 Å². The molecule has 0 radical (unpaired) electrons. The summed E-state index contributed by atoms with van der Waals surface area (Å²) in [6, 6.07) is 7.78. The minimum absolute atomic E-state index is 0.0760. The van der Waals surface area contributed by atoms with Gasteiger partial charge in [-0.2, -0.15) is 5.26 Å². The van der Waals surface area contributed by atoms with Crippen LogP contribution in [0.15, 0.2) is 23.6 Å². The van der Waals surface area contributed by atoms with E-state index in [9.17, 15) is 13.0 Å². The Morgan fingerprint density at radius 2 is 2.09 bits per heavy atom. The van der Waals surface area contributed by atoms with Crippen LogP contribution in [-0.4, -0.2) is 30.5 Å². The van der Waals surface area contributed by atoms with Crippen molar-refractivity contribution < 1.29 is 13.0 Å². The quantitative estimate of drug-likeness (QED) is 0.870. The van der Waals surface area contributed by atoms with Crippen molar-refractivity contribution in [3.05, 3.63) is 29.1 Å². The first-order chi connectivity index (χ1) is 10.5. The van der Waals surface area contributed by atoms with Gasteiger partial charge in [0.1, 0.15) is 15.2 Å². The van der Waals surface area contributed by atoms with Crippen LogP contribution in [0.25, 0.3) is 10.1 Å². The summed E-state index contributed by atoms with van der Waals surface area (Å²) in [5.41, 5.74) is 1.58. The summed E-state index contributed by atoms with van der Waals surface area (Å²) in [7, 11) is -4.15. The van der Waals surface area contributed by atoms with Crippen molar-refractivity contribution >= 4 is 36.4 Å². The number of hydrogen-bond acceptors (Lipinski definition) is 5. The van der Waals surface area contributed by atoms with Gasteiger partial charge in [-0.3, -0.25) is 0 Å². The lowest BCUT2D eigenvalue weighted by atomic mass is 10.1. The highest BCUT2D eigenvalue weighted by Crippen LogP contribution is 2.38. The zero-order valence-electron chi connectivity index (χ0n) is 11.9. The van der Waals surface area contributed by atoms with E-state index in [-0.39, 0.29) is 24.0 Å². The Morgan fingerprint density at radius 1 is 1.36 bits per heavy atom. The molecule has 0 bridgehead atoms. The molecule has 1 saturated heterocycles. The van der Waals surface area contributed by atoms with Gasteiger partial charge in [0.05, 0.1) is 29.7 Å². The molecule has 22 heavy (non-hydrogen) atoms. The van der Waals surface area contributed by atoms with Gasteiger partial charge in [0.2, 0.25) is 4.70 Å². The Balaban J connectivity index is 1.90. The maximum absolute atomic E-state index is 12.3. The standard InChI is InChI=1S/C15H16N2O3S2/c16-7-4-11-10-21(18)15-13(11)2-1-3-14(15)17-12-5-8-22(19,20)9-6-12/h1-3,10,12,17H,4-6,8-9H2. The number of nitrogens with one attached hydrogen (secondary N) is 1. The van der Waals surface area contributed by atoms with Gasteiger partial charge in [-0.05, 0) is 35.7 Å². The summed E-state index contributed by atoms with van der Waals surface area (Å²) in [4.78, 5) is 0. The minimum atomic E-state index is -2.89. The highest BCUT2D eigenvalue weighted by atomic mass is 32.2. The largest absolute Gasteiger partial charge is 0.590 e. The fraction of sp³-hybridized carbons (Fsp3) is 0.400. The van der Waals surface area contributed by atoms with Crippen molar-refractivity contribution in [1.29, 1.82) is 5.26 Å². The minimum Gasteiger partial charge on any atom is -0.590 e. The smallest absolute Gasteiger partial charge is 0.203 e. The molecule has 3 rings (SSSR count). The first-order valence-corrected chi connectivity index (χ1v) is 10.1. The molecule has 1 aliphatic heterocycles. The average molecular weight is 336 g/mol. The molecule has 0 spiro atoms. The normalized spacial score (nSPS) is 19.0. The lowest BCUT2D eigenvalue weighted by molar-refractivity contribution is 0.559. The average Bonchev–Trinajstić information content (AvgIpc) is 2.79. The summed E-state index contributed by atoms with van der Waals surface area (Å²) in [5, 5.41) is 14.7. The summed E-state index contributed by atoms with van der Waals surface area (Å²) >= 11 is 0. The SMILES string of the molecule is N#CCc1c[s+]([O-])c2c(NC3CCS(=O)(=O)CC3)cccc12. The number of sulfone groups is 1. The van der Waals surface area contributed by atoms with Crippen LogP contribution in [0.3, 0.4) is 0 Å². The van der Waals surface area contributed by atoms with E-state index >= 15 is 0 Å². The molecular formula is C15H16N2O3S2. The highest BCUT2D eigenvalue weighted by molar-refractivity contribution is 7.91. The zero-order chi connectivity index (χ0) is 15.7. The number of hydrogen-bond donors (Lipinski definition) is 1. The molecule has 116 valence electrons. The van der Waals surface area contributed by atoms with Crippen LogP contribution in [0, 0.1) is 11.3 Å². The van der Waals surface area contributed by atoms with Gasteiger partial charge >= 0.3 is 0 Å². The summed E-state index contributed by atoms with van der Waals surface area (Å²) < 4.78 is 36.0. The number of benzene rings is 1. The zero-order valence-corrected chi connectivity index (χ0v) is 13.5. The molecule has 5 nitrogen and oxygen atoms in total.